The summed E-state index contributed by atoms with van der Waals surface area (Å²) in [6.45, 7) is -2.38. The molecule has 0 saturated heterocycles. The van der Waals surface area contributed by atoms with E-state index in [2.05, 4.69) is 0 Å². The second kappa shape index (κ2) is 10.3. The quantitative estimate of drug-likeness (QED) is 0.624. The number of carbonyl (C=O) groups is 1. The van der Waals surface area contributed by atoms with Crippen LogP contribution in [-0.2, 0) is 0 Å². The fraction of sp³-hybridized carbons (Fsp3) is 0.833. The monoisotopic (exact) mass is 143 g/mol. The van der Waals surface area contributed by atoms with Crippen LogP contribution in [0.2, 0.25) is 0 Å². The van der Waals surface area contributed by atoms with Crippen molar-refractivity contribution in [3.63, 3.8) is 0 Å². The van der Waals surface area contributed by atoms with E-state index in [1.165, 1.54) is 0 Å². The van der Waals surface area contributed by atoms with E-state index in [0.29, 0.717) is 0 Å². The average Bonchev–Trinajstić information content (AvgIpc) is 1.97. The predicted molar refractivity (Wildman–Crippen MR) is 35.9 cm³/mol. The zero-order valence-electron chi connectivity index (χ0n) is 13.8. The summed E-state index contributed by atoms with van der Waals surface area (Å²) in [5.41, 5.74) is 0. The van der Waals surface area contributed by atoms with Crippen LogP contribution in [0.1, 0.15) is 45.2 Å². The van der Waals surface area contributed by atoms with Gasteiger partial charge < -0.3 is 10.2 Å². The van der Waals surface area contributed by atoms with Crippen molar-refractivity contribution in [1.82, 2.24) is 0 Å². The number of hydrogen-bond acceptors (Lipinski definition) is 1. The minimum Gasteiger partial charge on any atom is -0.450 e. The van der Waals surface area contributed by atoms with Gasteiger partial charge in [0.15, 0.2) is 0 Å². The Kier molecular flexibility index (Phi) is 2.14. The lowest BCUT2D eigenvalue weighted by Crippen LogP contribution is -1.81. The van der Waals surface area contributed by atoms with Gasteiger partial charge in [0.25, 0.3) is 0 Å². The smallest absolute Gasteiger partial charge is 0.450 e. The summed E-state index contributed by atoms with van der Waals surface area (Å²) in [5, 5.41) is 13.9. The van der Waals surface area contributed by atoms with Crippen molar-refractivity contribution in [2.24, 2.45) is 0 Å². The van der Waals surface area contributed by atoms with Crippen molar-refractivity contribution in [3.05, 3.63) is 0 Å². The van der Waals surface area contributed by atoms with Gasteiger partial charge in [0.1, 0.15) is 0 Å². The fourth-order valence-corrected chi connectivity index (χ4v) is 0.0625. The second-order valence-electron chi connectivity index (χ2n) is 0.783. The molecule has 0 unspecified atom stereocenters. The summed E-state index contributed by atoms with van der Waals surface area (Å²) in [5.74, 6) is 0. The zero-order valence-corrected chi connectivity index (χ0v) is 4.80. The first-order valence-electron chi connectivity index (χ1n) is 6.40. The maximum absolute atomic E-state index is 8.56. The van der Waals surface area contributed by atoms with Crippen LogP contribution in [0, 0.1) is 0 Å². The van der Waals surface area contributed by atoms with Crippen LogP contribution in [0.4, 0.5) is 4.79 Å². The summed E-state index contributed by atoms with van der Waals surface area (Å²) in [7, 11) is 0. The molecule has 3 heteroatoms. The highest BCUT2D eigenvalue weighted by atomic mass is 16.6. The van der Waals surface area contributed by atoms with Gasteiger partial charge in [-0.15, -0.1) is 0 Å². The number of rotatable bonds is 2. The van der Waals surface area contributed by atoms with Crippen LogP contribution in [-0.4, -0.2) is 16.4 Å². The topological polar surface area (TPSA) is 57.5 Å². The van der Waals surface area contributed by atoms with E-state index in [1.54, 1.807) is 0 Å². The molecule has 0 atom stereocenters. The van der Waals surface area contributed by atoms with Crippen LogP contribution in [0.25, 0.3) is 0 Å². The summed E-state index contributed by atoms with van der Waals surface area (Å²) >= 11 is 0. The Morgan fingerprint density at radius 3 is 2.22 bits per heavy atom. The maximum atomic E-state index is 8.56. The minimum atomic E-state index is -3.22. The molecule has 2 N–H and O–H groups in total. The lowest BCUT2D eigenvalue weighted by Gasteiger charge is -1.79. The molecule has 0 rings (SSSR count). The molecule has 0 bridgehead atoms. The normalized spacial score (nSPS) is 28.3. The molecule has 3 nitrogen and oxygen atoms in total. The van der Waals surface area contributed by atoms with Crippen molar-refractivity contribution in [2.45, 2.75) is 32.9 Å². The Labute approximate surface area is 68.0 Å². The molecule has 0 saturated carbocycles. The lowest BCUT2D eigenvalue weighted by atomic mass is 10.3. The number of hydrogen-bond donors (Lipinski definition) is 2. The third kappa shape index (κ3) is 125. The Morgan fingerprint density at radius 2 is 2.11 bits per heavy atom. The van der Waals surface area contributed by atoms with Gasteiger partial charge in [-0.05, 0) is 0 Å². The predicted octanol–water partition coefficient (Wildman–Crippen LogP) is 2.42. The highest BCUT2D eigenvalue weighted by Crippen LogP contribution is 1.88. The third-order valence-corrected chi connectivity index (χ3v) is 0.188. The van der Waals surface area contributed by atoms with Crippen LogP contribution in [0.5, 0.6) is 0 Å². The Hall–Kier alpha value is -0.730. The van der Waals surface area contributed by atoms with E-state index in [1.807, 2.05) is 0 Å². The molecule has 0 fully saturated rings. The lowest BCUT2D eigenvalue weighted by molar-refractivity contribution is 0.137. The highest BCUT2D eigenvalue weighted by molar-refractivity contribution is 5.53. The zero-order chi connectivity index (χ0) is 15.6. The summed E-state index contributed by atoms with van der Waals surface area (Å²) in [6, 6.07) is 0. The molecule has 0 aromatic heterocycles. The standard InChI is InChI=1S/C5H12.CH2O3/c1-3-5-4-2;2-1(3)4/h3-5H2,1-2H3;(H2,2,3,4)/i1D3,3D2,4D2,5D2;. The van der Waals surface area contributed by atoms with Gasteiger partial charge in [0.05, 0.1) is 0 Å². The highest BCUT2D eigenvalue weighted by Gasteiger charge is 1.70. The van der Waals surface area contributed by atoms with E-state index in [4.69, 9.17) is 27.3 Å². The molecular weight excluding hydrogens is 120 g/mol. The van der Waals surface area contributed by atoms with Crippen LogP contribution in [0.15, 0.2) is 0 Å². The fourth-order valence-electron chi connectivity index (χ4n) is 0.0625. The third-order valence-electron chi connectivity index (χ3n) is 0.188. The van der Waals surface area contributed by atoms with Crippen molar-refractivity contribution < 1.29 is 27.3 Å². The molecule has 0 amide bonds. The SMILES string of the molecule is O=C(O)O.[2H]C([2H])([2H])C([2H])([2H])C([2H])([2H])C([2H])([2H])C. The van der Waals surface area contributed by atoms with Gasteiger partial charge in [-0.3, -0.25) is 0 Å². The van der Waals surface area contributed by atoms with Crippen molar-refractivity contribution in [2.75, 3.05) is 0 Å². The van der Waals surface area contributed by atoms with Crippen LogP contribution >= 0.6 is 0 Å². The Bertz CT molecular complexity index is 262. The first kappa shape index (κ1) is 1.87. The van der Waals surface area contributed by atoms with E-state index < -0.39 is 32.1 Å². The van der Waals surface area contributed by atoms with Crippen molar-refractivity contribution in [1.29, 1.82) is 0 Å². The van der Waals surface area contributed by atoms with Crippen molar-refractivity contribution >= 4 is 6.16 Å². The van der Waals surface area contributed by atoms with Gasteiger partial charge in [0.2, 0.25) is 0 Å². The molecular formula is C6H14O3. The molecule has 9 heavy (non-hydrogen) atoms. The molecule has 0 aromatic carbocycles. The molecule has 56 valence electrons. The Balaban J connectivity index is 0. The Morgan fingerprint density at radius 1 is 1.67 bits per heavy atom. The molecule has 0 aliphatic heterocycles. The first-order valence-corrected chi connectivity index (χ1v) is 1.90. The maximum Gasteiger partial charge on any atom is 0.503 e. The van der Waals surface area contributed by atoms with E-state index in [9.17, 15) is 0 Å². The molecule has 0 aliphatic carbocycles. The van der Waals surface area contributed by atoms with Crippen LogP contribution < -0.4 is 0 Å². The van der Waals surface area contributed by atoms with Gasteiger partial charge >= 0.3 is 6.16 Å². The van der Waals surface area contributed by atoms with Gasteiger partial charge in [-0.2, -0.15) is 0 Å². The van der Waals surface area contributed by atoms with Crippen LogP contribution in [0.3, 0.4) is 0 Å². The molecule has 0 spiro atoms. The first-order chi connectivity index (χ1) is 7.48. The second-order valence-corrected chi connectivity index (χ2v) is 0.783. The average molecular weight is 143 g/mol. The van der Waals surface area contributed by atoms with E-state index >= 15 is 0 Å². The summed E-state index contributed by atoms with van der Waals surface area (Å²) in [6.07, 6.45) is -10.7. The van der Waals surface area contributed by atoms with Crippen molar-refractivity contribution in [3.8, 4) is 0 Å². The van der Waals surface area contributed by atoms with E-state index in [0.717, 1.165) is 6.92 Å². The van der Waals surface area contributed by atoms with E-state index in [-0.39, 0.29) is 0 Å². The largest absolute Gasteiger partial charge is 0.503 e. The molecule has 0 radical (unpaired) electrons. The van der Waals surface area contributed by atoms with Gasteiger partial charge in [-0.25, -0.2) is 4.79 Å². The molecule has 0 aromatic rings. The number of carboxylic acid groups (broad SMARTS) is 2. The minimum absolute atomic E-state index is 0.816. The molecule has 0 heterocycles. The van der Waals surface area contributed by atoms with Gasteiger partial charge in [-0.1, -0.05) is 32.9 Å². The molecule has 0 aliphatic rings. The van der Waals surface area contributed by atoms with Gasteiger partial charge in [0, 0.05) is 12.3 Å². The summed E-state index contributed by atoms with van der Waals surface area (Å²) < 4.78 is 63.2. The summed E-state index contributed by atoms with van der Waals surface area (Å²) in [4.78, 5) is 8.56.